The summed E-state index contributed by atoms with van der Waals surface area (Å²) in [4.78, 5) is 23.4. The van der Waals surface area contributed by atoms with Gasteiger partial charge in [-0.05, 0) is 6.07 Å². The minimum absolute atomic E-state index is 0.00478. The molecule has 0 aromatic heterocycles. The van der Waals surface area contributed by atoms with Gasteiger partial charge in [-0.1, -0.05) is 11.6 Å². The molecule has 0 aliphatic carbocycles. The van der Waals surface area contributed by atoms with Gasteiger partial charge in [0.15, 0.2) is 0 Å². The Balaban J connectivity index is 3.18. The number of nitrogens with zero attached hydrogens (tertiary/aromatic N) is 2. The van der Waals surface area contributed by atoms with E-state index in [1.54, 1.807) is 0 Å². The Hall–Kier alpha value is -1.90. The summed E-state index contributed by atoms with van der Waals surface area (Å²) in [6, 6.07) is 2.24. The average molecular weight is 304 g/mol. The van der Waals surface area contributed by atoms with Crippen LogP contribution in [-0.2, 0) is 0 Å². The van der Waals surface area contributed by atoms with Crippen LogP contribution in [0.2, 0.25) is 5.02 Å². The summed E-state index contributed by atoms with van der Waals surface area (Å²) in [7, 11) is 0. The van der Waals surface area contributed by atoms with E-state index in [9.17, 15) is 14.9 Å². The van der Waals surface area contributed by atoms with E-state index in [4.69, 9.17) is 27.5 Å². The molecule has 0 heterocycles. The number of carbonyl (C=O) groups is 1. The van der Waals surface area contributed by atoms with Crippen molar-refractivity contribution in [2.75, 3.05) is 32.0 Å². The largest absolute Gasteiger partial charge is 0.395 e. The van der Waals surface area contributed by atoms with Gasteiger partial charge in [-0.15, -0.1) is 0 Å². The molecular weight excluding hydrogens is 290 g/mol. The van der Waals surface area contributed by atoms with Crippen LogP contribution in [0.4, 0.5) is 11.4 Å². The minimum Gasteiger partial charge on any atom is -0.395 e. The molecule has 0 radical (unpaired) electrons. The predicted molar refractivity (Wildman–Crippen MR) is 72.6 cm³/mol. The molecule has 4 N–H and O–H groups in total. The Morgan fingerprint density at radius 1 is 1.35 bits per heavy atom. The highest BCUT2D eigenvalue weighted by Crippen LogP contribution is 2.31. The highest BCUT2D eigenvalue weighted by molar-refractivity contribution is 6.34. The van der Waals surface area contributed by atoms with Crippen molar-refractivity contribution in [3.63, 3.8) is 0 Å². The number of nitro benzene ring substituents is 1. The molecule has 1 aromatic carbocycles. The van der Waals surface area contributed by atoms with Crippen LogP contribution in [0.3, 0.4) is 0 Å². The first kappa shape index (κ1) is 16.2. The van der Waals surface area contributed by atoms with Gasteiger partial charge in [0.2, 0.25) is 0 Å². The van der Waals surface area contributed by atoms with E-state index >= 15 is 0 Å². The zero-order valence-electron chi connectivity index (χ0n) is 10.5. The van der Waals surface area contributed by atoms with E-state index in [2.05, 4.69) is 0 Å². The maximum absolute atomic E-state index is 12.1. The van der Waals surface area contributed by atoms with E-state index in [1.165, 1.54) is 6.07 Å². The van der Waals surface area contributed by atoms with Crippen LogP contribution in [0.15, 0.2) is 12.1 Å². The van der Waals surface area contributed by atoms with E-state index in [0.717, 1.165) is 11.0 Å². The van der Waals surface area contributed by atoms with Crippen molar-refractivity contribution >= 4 is 28.9 Å². The highest BCUT2D eigenvalue weighted by Gasteiger charge is 2.22. The van der Waals surface area contributed by atoms with Gasteiger partial charge in [0.1, 0.15) is 5.69 Å². The summed E-state index contributed by atoms with van der Waals surface area (Å²) < 4.78 is 0. The number of amides is 1. The number of hydrogen-bond donors (Lipinski definition) is 3. The molecule has 1 aromatic rings. The Kier molecular flexibility index (Phi) is 5.68. The Labute approximate surface area is 119 Å². The Bertz CT molecular complexity index is 517. The van der Waals surface area contributed by atoms with Gasteiger partial charge < -0.3 is 20.8 Å². The second-order valence-corrected chi connectivity index (χ2v) is 4.29. The lowest BCUT2D eigenvalue weighted by Gasteiger charge is -2.20. The summed E-state index contributed by atoms with van der Waals surface area (Å²) in [5, 5.41) is 28.5. The fourth-order valence-corrected chi connectivity index (χ4v) is 1.83. The average Bonchev–Trinajstić information content (AvgIpc) is 2.40. The summed E-state index contributed by atoms with van der Waals surface area (Å²) in [6.45, 7) is -0.600. The molecule has 0 fully saturated rings. The molecule has 1 amide bonds. The maximum Gasteiger partial charge on any atom is 0.294 e. The lowest BCUT2D eigenvalue weighted by atomic mass is 10.1. The zero-order chi connectivity index (χ0) is 15.3. The lowest BCUT2D eigenvalue weighted by molar-refractivity contribution is -0.383. The van der Waals surface area contributed by atoms with Crippen molar-refractivity contribution in [3.8, 4) is 0 Å². The molecule has 0 saturated carbocycles. The number of anilines is 1. The fraction of sp³-hybridized carbons (Fsp3) is 0.364. The topological polar surface area (TPSA) is 130 Å². The third-order valence-corrected chi connectivity index (χ3v) is 2.89. The lowest BCUT2D eigenvalue weighted by Crippen LogP contribution is -2.35. The maximum atomic E-state index is 12.1. The van der Waals surface area contributed by atoms with E-state index in [1.807, 2.05) is 0 Å². The first-order valence-corrected chi connectivity index (χ1v) is 6.04. The van der Waals surface area contributed by atoms with Crippen molar-refractivity contribution in [2.24, 2.45) is 0 Å². The van der Waals surface area contributed by atoms with Gasteiger partial charge in [0, 0.05) is 24.7 Å². The monoisotopic (exact) mass is 303 g/mol. The van der Waals surface area contributed by atoms with Crippen molar-refractivity contribution in [3.05, 3.63) is 32.8 Å². The normalized spacial score (nSPS) is 10.3. The molecule has 9 heteroatoms. The van der Waals surface area contributed by atoms with Gasteiger partial charge in [0.05, 0.1) is 23.2 Å². The fourth-order valence-electron chi connectivity index (χ4n) is 1.62. The number of carbonyl (C=O) groups excluding carboxylic acids is 1. The zero-order valence-corrected chi connectivity index (χ0v) is 11.2. The number of halogens is 1. The van der Waals surface area contributed by atoms with Crippen LogP contribution in [0.1, 0.15) is 10.4 Å². The van der Waals surface area contributed by atoms with Crippen LogP contribution in [0.5, 0.6) is 0 Å². The number of rotatable bonds is 6. The number of aliphatic hydroxyl groups is 2. The molecule has 0 atom stereocenters. The van der Waals surface area contributed by atoms with Crippen LogP contribution in [0, 0.1) is 10.1 Å². The van der Waals surface area contributed by atoms with Gasteiger partial charge in [0.25, 0.3) is 11.6 Å². The third kappa shape index (κ3) is 3.56. The van der Waals surface area contributed by atoms with Crippen molar-refractivity contribution < 1.29 is 19.9 Å². The van der Waals surface area contributed by atoms with Crippen LogP contribution in [0.25, 0.3) is 0 Å². The van der Waals surface area contributed by atoms with Crippen molar-refractivity contribution in [2.45, 2.75) is 0 Å². The molecule has 20 heavy (non-hydrogen) atoms. The smallest absolute Gasteiger partial charge is 0.294 e. The third-order valence-electron chi connectivity index (χ3n) is 2.58. The quantitative estimate of drug-likeness (QED) is 0.392. The molecule has 0 aliphatic heterocycles. The SMILES string of the molecule is Nc1c(Cl)cc(C(=O)N(CCO)CCO)cc1[N+](=O)[O-]. The number of nitrogen functional groups attached to an aromatic ring is 1. The van der Waals surface area contributed by atoms with E-state index in [0.29, 0.717) is 0 Å². The van der Waals surface area contributed by atoms with Gasteiger partial charge in [-0.25, -0.2) is 0 Å². The summed E-state index contributed by atoms with van der Waals surface area (Å²) in [5.74, 6) is -0.585. The molecule has 0 saturated heterocycles. The van der Waals surface area contributed by atoms with Crippen LogP contribution in [-0.4, -0.2) is 52.2 Å². The summed E-state index contributed by atoms with van der Waals surface area (Å²) >= 11 is 5.77. The first-order chi connectivity index (χ1) is 9.42. The Morgan fingerprint density at radius 3 is 2.35 bits per heavy atom. The van der Waals surface area contributed by atoms with Crippen LogP contribution < -0.4 is 5.73 Å². The van der Waals surface area contributed by atoms with Crippen LogP contribution >= 0.6 is 11.6 Å². The van der Waals surface area contributed by atoms with Gasteiger partial charge in [-0.2, -0.15) is 0 Å². The molecule has 8 nitrogen and oxygen atoms in total. The summed E-state index contributed by atoms with van der Waals surface area (Å²) in [6.07, 6.45) is 0. The number of nitro groups is 1. The van der Waals surface area contributed by atoms with Crippen molar-refractivity contribution in [1.82, 2.24) is 4.90 Å². The number of benzene rings is 1. The molecule has 0 unspecified atom stereocenters. The number of aliphatic hydroxyl groups excluding tert-OH is 2. The second-order valence-electron chi connectivity index (χ2n) is 3.89. The minimum atomic E-state index is -0.736. The molecule has 1 rings (SSSR count). The van der Waals surface area contributed by atoms with Gasteiger partial charge in [-0.3, -0.25) is 14.9 Å². The molecular formula is C11H14ClN3O5. The van der Waals surface area contributed by atoms with Gasteiger partial charge >= 0.3 is 0 Å². The van der Waals surface area contributed by atoms with E-state index in [-0.39, 0.29) is 42.6 Å². The Morgan fingerprint density at radius 2 is 1.90 bits per heavy atom. The van der Waals surface area contributed by atoms with E-state index < -0.39 is 16.5 Å². The number of nitrogens with two attached hydrogens (primary N) is 1. The standard InChI is InChI=1S/C11H14ClN3O5/c12-8-5-7(6-9(10(8)13)15(19)20)11(18)14(1-3-16)2-4-17/h5-6,16-17H,1-4,13H2. The second kappa shape index (κ2) is 7.04. The van der Waals surface area contributed by atoms with Crippen molar-refractivity contribution in [1.29, 1.82) is 0 Å². The molecule has 0 spiro atoms. The molecule has 110 valence electrons. The first-order valence-electron chi connectivity index (χ1n) is 5.66. The number of hydrogen-bond acceptors (Lipinski definition) is 6. The molecule has 0 bridgehead atoms. The molecule has 0 aliphatic rings. The highest BCUT2D eigenvalue weighted by atomic mass is 35.5. The summed E-state index contributed by atoms with van der Waals surface area (Å²) in [5.41, 5.74) is 4.76. The predicted octanol–water partition coefficient (Wildman–Crippen LogP) is 0.257.